The molecule has 2 rings (SSSR count). The summed E-state index contributed by atoms with van der Waals surface area (Å²) in [6.07, 6.45) is -2.60. The lowest BCUT2D eigenvalue weighted by Crippen LogP contribution is -1.83. The van der Waals surface area contributed by atoms with E-state index >= 15 is 0 Å². The fourth-order valence-electron chi connectivity index (χ4n) is 1.26. The van der Waals surface area contributed by atoms with Gasteiger partial charge in [-0.25, -0.2) is 13.8 Å². The van der Waals surface area contributed by atoms with Crippen LogP contribution in [0.2, 0.25) is 0 Å². The van der Waals surface area contributed by atoms with Crippen LogP contribution in [0.3, 0.4) is 0 Å². The number of aliphatic hydroxyl groups excluding tert-OH is 1. The van der Waals surface area contributed by atoms with Gasteiger partial charge in [0, 0.05) is 0 Å². The molecule has 0 unspecified atom stereocenters. The number of para-hydroxylation sites is 1. The van der Waals surface area contributed by atoms with Gasteiger partial charge in [-0.2, -0.15) is 0 Å². The molecule has 0 aliphatic rings. The van der Waals surface area contributed by atoms with E-state index in [0.29, 0.717) is 5.52 Å². The molecule has 0 saturated heterocycles. The van der Waals surface area contributed by atoms with E-state index in [9.17, 15) is 8.78 Å². The van der Waals surface area contributed by atoms with Crippen molar-refractivity contribution in [2.45, 2.75) is 13.0 Å². The first-order valence-electron chi connectivity index (χ1n) is 3.99. The summed E-state index contributed by atoms with van der Waals surface area (Å²) >= 11 is 0. The summed E-state index contributed by atoms with van der Waals surface area (Å²) in [5.74, 6) is 0.0492. The number of aliphatic hydroxyl groups is 1. The van der Waals surface area contributed by atoms with E-state index in [0.717, 1.165) is 0 Å². The Morgan fingerprint density at radius 1 is 1.43 bits per heavy atom. The SMILES string of the molecule is OCc1nc2cccc(C(F)F)c2o1. The molecule has 14 heavy (non-hydrogen) atoms. The van der Waals surface area contributed by atoms with E-state index in [1.54, 1.807) is 6.07 Å². The van der Waals surface area contributed by atoms with Gasteiger partial charge in [-0.05, 0) is 12.1 Å². The van der Waals surface area contributed by atoms with Crippen LogP contribution < -0.4 is 0 Å². The Morgan fingerprint density at radius 3 is 2.86 bits per heavy atom. The second kappa shape index (κ2) is 3.34. The maximum atomic E-state index is 12.5. The zero-order valence-corrected chi connectivity index (χ0v) is 7.08. The van der Waals surface area contributed by atoms with E-state index in [1.807, 2.05) is 0 Å². The average Bonchev–Trinajstić information content (AvgIpc) is 2.59. The summed E-state index contributed by atoms with van der Waals surface area (Å²) in [6.45, 7) is -0.392. The highest BCUT2D eigenvalue weighted by molar-refractivity contribution is 5.76. The maximum Gasteiger partial charge on any atom is 0.267 e. The predicted molar refractivity (Wildman–Crippen MR) is 44.9 cm³/mol. The number of oxazole rings is 1. The van der Waals surface area contributed by atoms with Crippen molar-refractivity contribution in [1.82, 2.24) is 4.98 Å². The average molecular weight is 199 g/mol. The molecular weight excluding hydrogens is 192 g/mol. The smallest absolute Gasteiger partial charge is 0.267 e. The normalized spacial score (nSPS) is 11.4. The van der Waals surface area contributed by atoms with E-state index < -0.39 is 13.0 Å². The molecule has 0 aliphatic heterocycles. The van der Waals surface area contributed by atoms with Gasteiger partial charge < -0.3 is 9.52 Å². The van der Waals surface area contributed by atoms with Crippen LogP contribution in [0, 0.1) is 0 Å². The Bertz CT molecular complexity index is 453. The number of hydrogen-bond acceptors (Lipinski definition) is 3. The lowest BCUT2D eigenvalue weighted by Gasteiger charge is -1.97. The molecule has 1 heterocycles. The highest BCUT2D eigenvalue weighted by Crippen LogP contribution is 2.28. The van der Waals surface area contributed by atoms with E-state index in [4.69, 9.17) is 9.52 Å². The first-order valence-corrected chi connectivity index (χ1v) is 3.99. The summed E-state index contributed by atoms with van der Waals surface area (Å²) in [5, 5.41) is 8.72. The van der Waals surface area contributed by atoms with Gasteiger partial charge in [0.05, 0.1) is 5.56 Å². The standard InChI is InChI=1S/C9H7F2NO2/c10-9(11)5-2-1-3-6-8(5)14-7(4-13)12-6/h1-3,9,13H,4H2. The van der Waals surface area contributed by atoms with Crippen molar-refractivity contribution < 1.29 is 18.3 Å². The highest BCUT2D eigenvalue weighted by Gasteiger charge is 2.15. The number of rotatable bonds is 2. The number of halogens is 2. The molecule has 0 aliphatic carbocycles. The van der Waals surface area contributed by atoms with Crippen molar-refractivity contribution in [3.63, 3.8) is 0 Å². The van der Waals surface area contributed by atoms with Crippen LogP contribution in [0.25, 0.3) is 11.1 Å². The summed E-state index contributed by atoms with van der Waals surface area (Å²) in [7, 11) is 0. The van der Waals surface area contributed by atoms with Crippen LogP contribution in [-0.2, 0) is 6.61 Å². The van der Waals surface area contributed by atoms with Gasteiger partial charge in [0.2, 0.25) is 5.89 Å². The number of nitrogens with zero attached hydrogens (tertiary/aromatic N) is 1. The molecule has 0 fully saturated rings. The van der Waals surface area contributed by atoms with Gasteiger partial charge in [-0.1, -0.05) is 6.07 Å². The molecule has 3 nitrogen and oxygen atoms in total. The molecule has 1 aromatic heterocycles. The Hall–Kier alpha value is -1.49. The van der Waals surface area contributed by atoms with Gasteiger partial charge in [-0.15, -0.1) is 0 Å². The molecule has 2 aromatic rings. The molecule has 0 saturated carbocycles. The molecule has 5 heteroatoms. The van der Waals surface area contributed by atoms with Crippen molar-refractivity contribution in [1.29, 1.82) is 0 Å². The van der Waals surface area contributed by atoms with Crippen LogP contribution in [0.5, 0.6) is 0 Å². The van der Waals surface area contributed by atoms with Crippen LogP contribution >= 0.6 is 0 Å². The van der Waals surface area contributed by atoms with E-state index in [-0.39, 0.29) is 17.0 Å². The molecule has 0 bridgehead atoms. The molecule has 1 N–H and O–H groups in total. The van der Waals surface area contributed by atoms with Crippen molar-refractivity contribution >= 4 is 11.1 Å². The second-order valence-electron chi connectivity index (χ2n) is 2.76. The monoisotopic (exact) mass is 199 g/mol. The number of alkyl halides is 2. The van der Waals surface area contributed by atoms with Crippen molar-refractivity contribution in [3.8, 4) is 0 Å². The van der Waals surface area contributed by atoms with E-state index in [2.05, 4.69) is 4.98 Å². The van der Waals surface area contributed by atoms with Crippen LogP contribution in [-0.4, -0.2) is 10.1 Å². The molecule has 74 valence electrons. The largest absolute Gasteiger partial charge is 0.438 e. The summed E-state index contributed by atoms with van der Waals surface area (Å²) in [4.78, 5) is 3.82. The van der Waals surface area contributed by atoms with E-state index in [1.165, 1.54) is 12.1 Å². The van der Waals surface area contributed by atoms with Crippen LogP contribution in [0.1, 0.15) is 17.9 Å². The molecular formula is C9H7F2NO2. The van der Waals surface area contributed by atoms with Gasteiger partial charge in [-0.3, -0.25) is 0 Å². The van der Waals surface area contributed by atoms with Gasteiger partial charge in [0.1, 0.15) is 12.1 Å². The minimum atomic E-state index is -2.60. The number of aromatic nitrogens is 1. The molecule has 0 atom stereocenters. The van der Waals surface area contributed by atoms with Crippen molar-refractivity contribution in [3.05, 3.63) is 29.7 Å². The third-order valence-electron chi connectivity index (χ3n) is 1.86. The van der Waals surface area contributed by atoms with Crippen molar-refractivity contribution in [2.24, 2.45) is 0 Å². The summed E-state index contributed by atoms with van der Waals surface area (Å²) in [5.41, 5.74) is 0.188. The molecule has 0 spiro atoms. The topological polar surface area (TPSA) is 46.3 Å². The Morgan fingerprint density at radius 2 is 2.21 bits per heavy atom. The lowest BCUT2D eigenvalue weighted by atomic mass is 10.2. The fourth-order valence-corrected chi connectivity index (χ4v) is 1.26. The minimum Gasteiger partial charge on any atom is -0.438 e. The van der Waals surface area contributed by atoms with Gasteiger partial charge in [0.15, 0.2) is 5.58 Å². The maximum absolute atomic E-state index is 12.5. The Balaban J connectivity index is 2.66. The number of fused-ring (bicyclic) bond motifs is 1. The third-order valence-corrected chi connectivity index (χ3v) is 1.86. The van der Waals surface area contributed by atoms with Gasteiger partial charge >= 0.3 is 0 Å². The second-order valence-corrected chi connectivity index (χ2v) is 2.76. The number of hydrogen-bond donors (Lipinski definition) is 1. The summed E-state index contributed by atoms with van der Waals surface area (Å²) in [6, 6.07) is 4.32. The number of benzene rings is 1. The zero-order chi connectivity index (χ0) is 10.1. The summed E-state index contributed by atoms with van der Waals surface area (Å²) < 4.78 is 29.9. The lowest BCUT2D eigenvalue weighted by molar-refractivity contribution is 0.151. The zero-order valence-electron chi connectivity index (χ0n) is 7.08. The highest BCUT2D eigenvalue weighted by atomic mass is 19.3. The van der Waals surface area contributed by atoms with Gasteiger partial charge in [0.25, 0.3) is 6.43 Å². The predicted octanol–water partition coefficient (Wildman–Crippen LogP) is 2.26. The Kier molecular flexibility index (Phi) is 2.17. The molecule has 0 amide bonds. The first-order chi connectivity index (χ1) is 6.72. The minimum absolute atomic E-state index is 0.0477. The fraction of sp³-hybridized carbons (Fsp3) is 0.222. The molecule has 0 radical (unpaired) electrons. The van der Waals surface area contributed by atoms with Crippen LogP contribution in [0.15, 0.2) is 22.6 Å². The first kappa shape index (κ1) is 9.08. The molecule has 1 aromatic carbocycles. The Labute approximate surface area is 78.0 Å². The quantitative estimate of drug-likeness (QED) is 0.806. The third kappa shape index (κ3) is 1.35. The van der Waals surface area contributed by atoms with Crippen LogP contribution in [0.4, 0.5) is 8.78 Å². The van der Waals surface area contributed by atoms with Crippen molar-refractivity contribution in [2.75, 3.05) is 0 Å².